The first-order valence-electron chi connectivity index (χ1n) is 10.5. The number of aliphatic hydroxyl groups is 1. The number of hydrogen-bond acceptors (Lipinski definition) is 4. The van der Waals surface area contributed by atoms with Gasteiger partial charge in [-0.25, -0.2) is 4.79 Å². The number of hydrogen-bond donors (Lipinski definition) is 1. The van der Waals surface area contributed by atoms with Crippen LogP contribution in [0.5, 0.6) is 0 Å². The minimum atomic E-state index is -1.23. The minimum absolute atomic E-state index is 0. The van der Waals surface area contributed by atoms with Gasteiger partial charge in [-0.3, -0.25) is 4.79 Å². The Kier molecular flexibility index (Phi) is 30.5. The maximum absolute atomic E-state index is 11.3. The molecule has 0 saturated carbocycles. The Hall–Kier alpha value is 1.10. The zero-order valence-electron chi connectivity index (χ0n) is 18.6. The predicted molar refractivity (Wildman–Crippen MR) is 114 cm³/mol. The summed E-state index contributed by atoms with van der Waals surface area (Å²) >= 11 is 0. The molecular formula is C21H40Na2O4. The van der Waals surface area contributed by atoms with Crippen LogP contribution in [-0.4, -0.2) is 82.3 Å². The molecule has 0 rings (SSSR count). The van der Waals surface area contributed by atoms with Gasteiger partial charge < -0.3 is 9.84 Å². The van der Waals surface area contributed by atoms with E-state index in [4.69, 9.17) is 5.11 Å². The molecule has 0 fully saturated rings. The summed E-state index contributed by atoms with van der Waals surface area (Å²) in [4.78, 5) is 22.4. The molecule has 0 saturated heterocycles. The predicted octanol–water partition coefficient (Wildman–Crippen LogP) is 4.94. The first-order chi connectivity index (χ1) is 12.1. The summed E-state index contributed by atoms with van der Waals surface area (Å²) in [6, 6.07) is 0. The second kappa shape index (κ2) is 25.1. The van der Waals surface area contributed by atoms with Crippen molar-refractivity contribution in [2.45, 2.75) is 123 Å². The summed E-state index contributed by atoms with van der Waals surface area (Å²) < 4.78 is 4.50. The van der Waals surface area contributed by atoms with Crippen LogP contribution in [0.1, 0.15) is 117 Å². The van der Waals surface area contributed by atoms with Crippen LogP contribution in [0.2, 0.25) is 0 Å². The standard InChI is InChI=1S/C21H40O4.2Na/c1-3-4-5-6-7-8-9-10-11-12-13-14-15-16-17-18-20(23)25-21(24)19(2)22;;/h19,22H,3-18H2,1-2H3;;. The molecule has 2 radical (unpaired) electrons. The van der Waals surface area contributed by atoms with Gasteiger partial charge in [-0.05, 0) is 13.3 Å². The Balaban J connectivity index is -0.00000288. The van der Waals surface area contributed by atoms with Crippen molar-refractivity contribution in [1.29, 1.82) is 0 Å². The van der Waals surface area contributed by atoms with Gasteiger partial charge in [0.2, 0.25) is 0 Å². The van der Waals surface area contributed by atoms with E-state index in [1.54, 1.807) is 0 Å². The van der Waals surface area contributed by atoms with Gasteiger partial charge in [-0.15, -0.1) is 0 Å². The molecule has 1 unspecified atom stereocenters. The van der Waals surface area contributed by atoms with Crippen LogP contribution in [0.4, 0.5) is 0 Å². The number of ether oxygens (including phenoxy) is 1. The Morgan fingerprint density at radius 3 is 1.37 bits per heavy atom. The van der Waals surface area contributed by atoms with E-state index in [0.717, 1.165) is 19.3 Å². The first-order valence-corrected chi connectivity index (χ1v) is 10.5. The zero-order valence-corrected chi connectivity index (χ0v) is 22.6. The van der Waals surface area contributed by atoms with E-state index in [0.29, 0.717) is 0 Å². The fourth-order valence-electron chi connectivity index (χ4n) is 2.89. The van der Waals surface area contributed by atoms with Crippen molar-refractivity contribution in [3.63, 3.8) is 0 Å². The van der Waals surface area contributed by atoms with Gasteiger partial charge in [0.15, 0.2) is 0 Å². The molecule has 0 amide bonds. The third kappa shape index (κ3) is 25.1. The van der Waals surface area contributed by atoms with E-state index >= 15 is 0 Å². The summed E-state index contributed by atoms with van der Waals surface area (Å²) in [5, 5.41) is 8.95. The largest absolute Gasteiger partial charge is 0.391 e. The number of unbranched alkanes of at least 4 members (excludes halogenated alkanes) is 14. The van der Waals surface area contributed by atoms with Crippen molar-refractivity contribution >= 4 is 71.1 Å². The smallest absolute Gasteiger partial charge is 0.342 e. The molecule has 0 aromatic carbocycles. The SMILES string of the molecule is CCCCCCCCCCCCCCCCCC(=O)OC(=O)C(C)O.[Na].[Na]. The van der Waals surface area contributed by atoms with E-state index in [9.17, 15) is 9.59 Å². The fraction of sp³-hybridized carbons (Fsp3) is 0.905. The van der Waals surface area contributed by atoms with Crippen LogP contribution in [0.3, 0.4) is 0 Å². The van der Waals surface area contributed by atoms with E-state index in [2.05, 4.69) is 11.7 Å². The molecule has 0 aliphatic rings. The maximum Gasteiger partial charge on any atom is 0.342 e. The van der Waals surface area contributed by atoms with Crippen LogP contribution in [-0.2, 0) is 14.3 Å². The molecule has 4 nitrogen and oxygen atoms in total. The molecule has 1 atom stereocenters. The van der Waals surface area contributed by atoms with Crippen molar-refractivity contribution < 1.29 is 19.4 Å². The quantitative estimate of drug-likeness (QED) is 0.162. The fourth-order valence-corrected chi connectivity index (χ4v) is 2.89. The van der Waals surface area contributed by atoms with E-state index in [1.165, 1.54) is 84.0 Å². The Bertz CT molecular complexity index is 336. The average molecular weight is 403 g/mol. The number of aliphatic hydroxyl groups excluding tert-OH is 1. The summed E-state index contributed by atoms with van der Waals surface area (Å²) in [6.07, 6.45) is 18.2. The van der Waals surface area contributed by atoms with E-state index < -0.39 is 18.0 Å². The van der Waals surface area contributed by atoms with Gasteiger partial charge in [-0.1, -0.05) is 96.8 Å². The molecule has 6 heteroatoms. The average Bonchev–Trinajstić information content (AvgIpc) is 2.58. The van der Waals surface area contributed by atoms with E-state index in [1.807, 2.05) is 0 Å². The van der Waals surface area contributed by atoms with Crippen LogP contribution in [0, 0.1) is 0 Å². The van der Waals surface area contributed by atoms with Crippen LogP contribution >= 0.6 is 0 Å². The molecule has 0 spiro atoms. The normalized spacial score (nSPS) is 11.2. The zero-order chi connectivity index (χ0) is 18.8. The number of carbonyl (C=O) groups excluding carboxylic acids is 2. The van der Waals surface area contributed by atoms with E-state index in [-0.39, 0.29) is 65.5 Å². The van der Waals surface area contributed by atoms with Gasteiger partial charge >= 0.3 is 11.9 Å². The number of rotatable bonds is 17. The van der Waals surface area contributed by atoms with Gasteiger partial charge in [0.1, 0.15) is 6.10 Å². The van der Waals surface area contributed by atoms with Gasteiger partial charge in [0, 0.05) is 65.5 Å². The molecule has 0 aromatic heterocycles. The Labute approximate surface area is 211 Å². The third-order valence-corrected chi connectivity index (χ3v) is 4.54. The molecular weight excluding hydrogens is 362 g/mol. The van der Waals surface area contributed by atoms with Crippen molar-refractivity contribution in [1.82, 2.24) is 0 Å². The van der Waals surface area contributed by atoms with Crippen LogP contribution in [0.25, 0.3) is 0 Å². The molecule has 0 aromatic rings. The Morgan fingerprint density at radius 2 is 1.04 bits per heavy atom. The number of esters is 2. The number of carbonyl (C=O) groups is 2. The molecule has 150 valence electrons. The van der Waals surface area contributed by atoms with Gasteiger partial charge in [0.05, 0.1) is 0 Å². The molecule has 0 aliphatic heterocycles. The first kappa shape index (κ1) is 32.8. The van der Waals surface area contributed by atoms with Crippen molar-refractivity contribution in [3.8, 4) is 0 Å². The minimum Gasteiger partial charge on any atom is -0.391 e. The summed E-state index contributed by atoms with van der Waals surface area (Å²) in [5.74, 6) is -1.38. The third-order valence-electron chi connectivity index (χ3n) is 4.54. The summed E-state index contributed by atoms with van der Waals surface area (Å²) in [5.41, 5.74) is 0. The Morgan fingerprint density at radius 1 is 0.704 bits per heavy atom. The summed E-state index contributed by atoms with van der Waals surface area (Å²) in [6.45, 7) is 3.55. The van der Waals surface area contributed by atoms with Crippen molar-refractivity contribution in [3.05, 3.63) is 0 Å². The molecule has 0 heterocycles. The second-order valence-corrected chi connectivity index (χ2v) is 7.17. The topological polar surface area (TPSA) is 63.6 Å². The maximum atomic E-state index is 11.3. The van der Waals surface area contributed by atoms with Crippen LogP contribution in [0.15, 0.2) is 0 Å². The van der Waals surface area contributed by atoms with Crippen molar-refractivity contribution in [2.75, 3.05) is 0 Å². The van der Waals surface area contributed by atoms with Gasteiger partial charge in [-0.2, -0.15) is 0 Å². The molecule has 1 N–H and O–H groups in total. The van der Waals surface area contributed by atoms with Gasteiger partial charge in [0.25, 0.3) is 0 Å². The molecule has 27 heavy (non-hydrogen) atoms. The molecule has 0 aliphatic carbocycles. The summed E-state index contributed by atoms with van der Waals surface area (Å²) in [7, 11) is 0. The second-order valence-electron chi connectivity index (χ2n) is 7.17. The van der Waals surface area contributed by atoms with Crippen LogP contribution < -0.4 is 0 Å². The monoisotopic (exact) mass is 402 g/mol. The van der Waals surface area contributed by atoms with Crippen molar-refractivity contribution in [2.24, 2.45) is 0 Å². The molecule has 0 bridgehead atoms.